The van der Waals surface area contributed by atoms with Gasteiger partial charge in [-0.05, 0) is 31.2 Å². The van der Waals surface area contributed by atoms with E-state index in [1.54, 1.807) is 31.2 Å². The van der Waals surface area contributed by atoms with Crippen LogP contribution in [-0.4, -0.2) is 22.4 Å². The Morgan fingerprint density at radius 1 is 1.37 bits per heavy atom. The van der Waals surface area contributed by atoms with Crippen molar-refractivity contribution in [2.75, 3.05) is 12.3 Å². The molecule has 100 valence electrons. The maximum Gasteiger partial charge on any atom is 0.360 e. The summed E-state index contributed by atoms with van der Waals surface area (Å²) in [5.74, 6) is -0.432. The molecule has 0 atom stereocenters. The zero-order chi connectivity index (χ0) is 14.0. The summed E-state index contributed by atoms with van der Waals surface area (Å²) in [6.07, 6.45) is 0. The molecule has 19 heavy (non-hydrogen) atoms. The molecule has 0 spiro atoms. The van der Waals surface area contributed by atoms with Gasteiger partial charge in [-0.1, -0.05) is 23.2 Å². The third kappa shape index (κ3) is 2.67. The highest BCUT2D eigenvalue weighted by Gasteiger charge is 2.21. The molecule has 0 aliphatic rings. The summed E-state index contributed by atoms with van der Waals surface area (Å²) in [4.78, 5) is 11.7. The Hall–Kier alpha value is -1.72. The van der Waals surface area contributed by atoms with E-state index in [4.69, 9.17) is 33.7 Å². The van der Waals surface area contributed by atoms with E-state index in [0.29, 0.717) is 10.7 Å². The minimum Gasteiger partial charge on any atom is -0.461 e. The molecule has 0 saturated carbocycles. The zero-order valence-electron chi connectivity index (χ0n) is 10.1. The maximum atomic E-state index is 11.7. The number of esters is 1. The average Bonchev–Trinajstić information content (AvgIpc) is 2.68. The Labute approximate surface area is 119 Å². The number of carbonyl (C=O) groups excluding carboxylic acids is 1. The lowest BCUT2D eigenvalue weighted by molar-refractivity contribution is 0.0519. The molecular weight excluding hydrogens is 289 g/mol. The summed E-state index contributed by atoms with van der Waals surface area (Å²) >= 11 is 11.8. The summed E-state index contributed by atoms with van der Waals surface area (Å²) in [6, 6.07) is 6.82. The number of halogens is 2. The number of hydrogen-bond acceptors (Lipinski definition) is 4. The highest BCUT2D eigenvalue weighted by Crippen LogP contribution is 2.27. The van der Waals surface area contributed by atoms with Crippen molar-refractivity contribution in [1.29, 1.82) is 0 Å². The fourth-order valence-corrected chi connectivity index (χ4v) is 1.84. The molecule has 0 bridgehead atoms. The number of ether oxygens (including phenoxy) is 1. The number of carbonyl (C=O) groups is 1. The van der Waals surface area contributed by atoms with Gasteiger partial charge in [0.05, 0.1) is 12.3 Å². The first-order chi connectivity index (χ1) is 9.04. The van der Waals surface area contributed by atoms with E-state index in [9.17, 15) is 4.79 Å². The third-order valence-corrected chi connectivity index (χ3v) is 3.03. The summed E-state index contributed by atoms with van der Waals surface area (Å²) in [6.45, 7) is 1.94. The molecular formula is C12H11Cl2N3O2. The number of benzene rings is 1. The Bertz CT molecular complexity index is 608. The van der Waals surface area contributed by atoms with Crippen molar-refractivity contribution in [1.82, 2.24) is 9.78 Å². The second kappa shape index (κ2) is 5.50. The van der Waals surface area contributed by atoms with Gasteiger partial charge in [0.1, 0.15) is 10.8 Å². The Kier molecular flexibility index (Phi) is 3.97. The molecule has 0 unspecified atom stereocenters. The van der Waals surface area contributed by atoms with E-state index >= 15 is 0 Å². The van der Waals surface area contributed by atoms with Crippen LogP contribution in [0.2, 0.25) is 10.0 Å². The number of nitrogen functional groups attached to an aromatic ring is 1. The lowest BCUT2D eigenvalue weighted by Crippen LogP contribution is -2.07. The molecule has 5 nitrogen and oxygen atoms in total. The van der Waals surface area contributed by atoms with E-state index < -0.39 is 5.97 Å². The SMILES string of the molecule is CCOC(=O)c1nn(-c2ccc(Cl)cc2)c(N)c1Cl. The number of hydrogen-bond donors (Lipinski definition) is 1. The lowest BCUT2D eigenvalue weighted by atomic mass is 10.3. The first-order valence-electron chi connectivity index (χ1n) is 5.51. The normalized spacial score (nSPS) is 10.5. The van der Waals surface area contributed by atoms with Crippen molar-refractivity contribution in [3.05, 3.63) is 40.0 Å². The van der Waals surface area contributed by atoms with Gasteiger partial charge in [-0.25, -0.2) is 9.48 Å². The van der Waals surface area contributed by atoms with Crippen molar-refractivity contribution >= 4 is 35.0 Å². The predicted octanol–water partition coefficient (Wildman–Crippen LogP) is 2.94. The van der Waals surface area contributed by atoms with Crippen molar-refractivity contribution in [2.24, 2.45) is 0 Å². The number of aromatic nitrogens is 2. The van der Waals surface area contributed by atoms with Crippen molar-refractivity contribution in [3.8, 4) is 5.69 Å². The predicted molar refractivity (Wildman–Crippen MR) is 74.0 cm³/mol. The molecule has 2 aromatic rings. The molecule has 0 aliphatic carbocycles. The van der Waals surface area contributed by atoms with Crippen LogP contribution in [0.25, 0.3) is 5.69 Å². The van der Waals surface area contributed by atoms with Crippen LogP contribution in [0.3, 0.4) is 0 Å². The van der Waals surface area contributed by atoms with Crippen molar-refractivity contribution in [3.63, 3.8) is 0 Å². The van der Waals surface area contributed by atoms with Crippen molar-refractivity contribution in [2.45, 2.75) is 6.92 Å². The molecule has 2 rings (SSSR count). The Morgan fingerprint density at radius 3 is 2.58 bits per heavy atom. The molecule has 0 fully saturated rings. The minimum atomic E-state index is -0.605. The molecule has 0 saturated heterocycles. The highest BCUT2D eigenvalue weighted by atomic mass is 35.5. The fourth-order valence-electron chi connectivity index (χ4n) is 1.52. The van der Waals surface area contributed by atoms with Gasteiger partial charge in [-0.3, -0.25) is 0 Å². The van der Waals surface area contributed by atoms with Crippen molar-refractivity contribution < 1.29 is 9.53 Å². The van der Waals surface area contributed by atoms with Gasteiger partial charge in [0.25, 0.3) is 0 Å². The van der Waals surface area contributed by atoms with Crippen LogP contribution in [-0.2, 0) is 4.74 Å². The number of nitrogens with two attached hydrogens (primary N) is 1. The Balaban J connectivity index is 2.45. The van der Waals surface area contributed by atoms with E-state index in [2.05, 4.69) is 5.10 Å². The highest BCUT2D eigenvalue weighted by molar-refractivity contribution is 6.35. The first kappa shape index (κ1) is 13.7. The second-order valence-electron chi connectivity index (χ2n) is 3.66. The van der Waals surface area contributed by atoms with Crippen LogP contribution >= 0.6 is 23.2 Å². The second-order valence-corrected chi connectivity index (χ2v) is 4.47. The Morgan fingerprint density at radius 2 is 2.00 bits per heavy atom. The molecule has 0 amide bonds. The van der Waals surface area contributed by atoms with Gasteiger partial charge in [0.15, 0.2) is 5.69 Å². The summed E-state index contributed by atoms with van der Waals surface area (Å²) in [7, 11) is 0. The fraction of sp³-hybridized carbons (Fsp3) is 0.167. The van der Waals surface area contributed by atoms with Gasteiger partial charge in [0, 0.05) is 5.02 Å². The number of anilines is 1. The smallest absolute Gasteiger partial charge is 0.360 e. The summed E-state index contributed by atoms with van der Waals surface area (Å²) in [5.41, 5.74) is 6.48. The van der Waals surface area contributed by atoms with Crippen LogP contribution < -0.4 is 5.73 Å². The molecule has 7 heteroatoms. The molecule has 0 radical (unpaired) electrons. The molecule has 1 aromatic carbocycles. The average molecular weight is 300 g/mol. The monoisotopic (exact) mass is 299 g/mol. The zero-order valence-corrected chi connectivity index (χ0v) is 11.6. The largest absolute Gasteiger partial charge is 0.461 e. The molecule has 0 aliphatic heterocycles. The summed E-state index contributed by atoms with van der Waals surface area (Å²) < 4.78 is 6.22. The maximum absolute atomic E-state index is 11.7. The van der Waals surface area contributed by atoms with Gasteiger partial charge < -0.3 is 10.5 Å². The first-order valence-corrected chi connectivity index (χ1v) is 6.27. The van der Waals surface area contributed by atoms with Gasteiger partial charge in [-0.15, -0.1) is 0 Å². The molecule has 1 aromatic heterocycles. The van der Waals surface area contributed by atoms with Gasteiger partial charge >= 0.3 is 5.97 Å². The summed E-state index contributed by atoms with van der Waals surface area (Å²) in [5, 5.41) is 4.74. The van der Waals surface area contributed by atoms with Crippen LogP contribution in [0.1, 0.15) is 17.4 Å². The topological polar surface area (TPSA) is 70.1 Å². The van der Waals surface area contributed by atoms with E-state index in [0.717, 1.165) is 0 Å². The third-order valence-electron chi connectivity index (χ3n) is 2.40. The molecule has 1 heterocycles. The number of rotatable bonds is 3. The van der Waals surface area contributed by atoms with E-state index in [1.165, 1.54) is 4.68 Å². The lowest BCUT2D eigenvalue weighted by Gasteiger charge is -2.03. The molecule has 2 N–H and O–H groups in total. The van der Waals surface area contributed by atoms with Crippen LogP contribution in [0, 0.1) is 0 Å². The van der Waals surface area contributed by atoms with Crippen LogP contribution in [0.4, 0.5) is 5.82 Å². The van der Waals surface area contributed by atoms with E-state index in [-0.39, 0.29) is 23.1 Å². The van der Waals surface area contributed by atoms with Gasteiger partial charge in [-0.2, -0.15) is 5.10 Å². The van der Waals surface area contributed by atoms with Crippen LogP contribution in [0.5, 0.6) is 0 Å². The van der Waals surface area contributed by atoms with E-state index in [1.807, 2.05) is 0 Å². The number of nitrogens with zero attached hydrogens (tertiary/aromatic N) is 2. The quantitative estimate of drug-likeness (QED) is 0.885. The van der Waals surface area contributed by atoms with Gasteiger partial charge in [0.2, 0.25) is 0 Å². The van der Waals surface area contributed by atoms with Crippen LogP contribution in [0.15, 0.2) is 24.3 Å². The standard InChI is InChI=1S/C12H11Cl2N3O2/c1-2-19-12(18)10-9(14)11(15)17(16-10)8-5-3-7(13)4-6-8/h3-6H,2,15H2,1H3. The minimum absolute atomic E-state index is 0.00373.